The van der Waals surface area contributed by atoms with Gasteiger partial charge in [-0.15, -0.1) is 0 Å². The number of H-pyrrole nitrogens is 1. The summed E-state index contributed by atoms with van der Waals surface area (Å²) >= 11 is 5.07. The Hall–Kier alpha value is -0.850. The summed E-state index contributed by atoms with van der Waals surface area (Å²) in [4.78, 5) is 5.29. The monoisotopic (exact) mass is 326 g/mol. The van der Waals surface area contributed by atoms with Gasteiger partial charge in [0.25, 0.3) is 0 Å². The molecule has 0 saturated carbocycles. The van der Waals surface area contributed by atoms with E-state index >= 15 is 0 Å². The third kappa shape index (κ3) is 3.57. The van der Waals surface area contributed by atoms with Crippen LogP contribution < -0.4 is 5.73 Å². The summed E-state index contributed by atoms with van der Waals surface area (Å²) in [6.07, 6.45) is 3.36. The van der Waals surface area contributed by atoms with Gasteiger partial charge in [0.1, 0.15) is 6.33 Å². The minimum atomic E-state index is 0.195. The molecule has 3 N–H and O–H groups in total. The van der Waals surface area contributed by atoms with Crippen LogP contribution in [0.3, 0.4) is 0 Å². The molecule has 1 heterocycles. The van der Waals surface area contributed by atoms with Crippen molar-refractivity contribution in [3.63, 3.8) is 0 Å². The summed E-state index contributed by atoms with van der Waals surface area (Å²) in [5.74, 6) is 0. The molecule has 0 fully saturated rings. The maximum Gasteiger partial charge on any atom is 0.188 e. The molecule has 0 spiro atoms. The van der Waals surface area contributed by atoms with Crippen molar-refractivity contribution in [2.24, 2.45) is 5.73 Å². The summed E-state index contributed by atoms with van der Waals surface area (Å²) in [7, 11) is 0. The lowest BCUT2D eigenvalue weighted by atomic mass is 10.1. The van der Waals surface area contributed by atoms with E-state index in [1.165, 1.54) is 11.9 Å². The van der Waals surface area contributed by atoms with E-state index in [1.54, 1.807) is 11.8 Å². The molecule has 0 aliphatic carbocycles. The average Bonchev–Trinajstić information content (AvgIpc) is 2.85. The Morgan fingerprint density at radius 1 is 1.50 bits per heavy atom. The van der Waals surface area contributed by atoms with Gasteiger partial charge in [0.2, 0.25) is 0 Å². The van der Waals surface area contributed by atoms with Crippen LogP contribution in [0.25, 0.3) is 0 Å². The van der Waals surface area contributed by atoms with Gasteiger partial charge < -0.3 is 5.73 Å². The number of aromatic nitrogens is 3. The highest BCUT2D eigenvalue weighted by atomic mass is 79.9. The number of hydrogen-bond acceptors (Lipinski definition) is 4. The lowest BCUT2D eigenvalue weighted by Crippen LogP contribution is -2.21. The summed E-state index contributed by atoms with van der Waals surface area (Å²) in [6.45, 7) is 2.10. The van der Waals surface area contributed by atoms with Gasteiger partial charge in [0.05, 0.1) is 0 Å². The molecular weight excluding hydrogens is 312 g/mol. The van der Waals surface area contributed by atoms with Crippen LogP contribution in [-0.2, 0) is 6.42 Å². The molecule has 0 bridgehead atoms. The number of hydrogen-bond donors (Lipinski definition) is 2. The van der Waals surface area contributed by atoms with E-state index < -0.39 is 0 Å². The molecule has 1 unspecified atom stereocenters. The first-order valence-electron chi connectivity index (χ1n) is 5.76. The molecule has 1 atom stereocenters. The van der Waals surface area contributed by atoms with Crippen molar-refractivity contribution in [2.75, 3.05) is 0 Å². The smallest absolute Gasteiger partial charge is 0.188 e. The Balaban J connectivity index is 2.23. The minimum absolute atomic E-state index is 0.195. The van der Waals surface area contributed by atoms with Crippen molar-refractivity contribution in [1.82, 2.24) is 15.2 Å². The molecular formula is C12H15BrN4S. The van der Waals surface area contributed by atoms with Crippen LogP contribution in [0.1, 0.15) is 18.9 Å². The van der Waals surface area contributed by atoms with Crippen LogP contribution in [0.2, 0.25) is 0 Å². The normalized spacial score (nSPS) is 12.6. The third-order valence-electron chi connectivity index (χ3n) is 2.64. The number of benzene rings is 1. The van der Waals surface area contributed by atoms with E-state index in [4.69, 9.17) is 5.73 Å². The largest absolute Gasteiger partial charge is 0.327 e. The van der Waals surface area contributed by atoms with Gasteiger partial charge in [-0.2, -0.15) is 5.10 Å². The zero-order valence-corrected chi connectivity index (χ0v) is 12.5. The Morgan fingerprint density at radius 3 is 3.00 bits per heavy atom. The molecule has 4 nitrogen and oxygen atoms in total. The van der Waals surface area contributed by atoms with Gasteiger partial charge in [-0.3, -0.25) is 5.10 Å². The second-order valence-electron chi connectivity index (χ2n) is 4.02. The van der Waals surface area contributed by atoms with E-state index in [2.05, 4.69) is 50.2 Å². The van der Waals surface area contributed by atoms with Gasteiger partial charge in [0, 0.05) is 15.4 Å². The first kappa shape index (κ1) is 13.6. The Labute approximate surface area is 119 Å². The van der Waals surface area contributed by atoms with Crippen molar-refractivity contribution in [3.05, 3.63) is 34.6 Å². The fourth-order valence-corrected chi connectivity index (χ4v) is 2.95. The zero-order valence-electron chi connectivity index (χ0n) is 10.1. The van der Waals surface area contributed by atoms with Crippen molar-refractivity contribution in [1.29, 1.82) is 0 Å². The minimum Gasteiger partial charge on any atom is -0.327 e. The molecule has 0 amide bonds. The second-order valence-corrected chi connectivity index (χ2v) is 5.96. The average molecular weight is 327 g/mol. The maximum absolute atomic E-state index is 6.03. The molecule has 96 valence electrons. The maximum atomic E-state index is 6.03. The van der Waals surface area contributed by atoms with Gasteiger partial charge in [-0.1, -0.05) is 40.7 Å². The highest BCUT2D eigenvalue weighted by molar-refractivity contribution is 9.10. The van der Waals surface area contributed by atoms with Crippen molar-refractivity contribution < 1.29 is 0 Å². The Morgan fingerprint density at radius 2 is 2.33 bits per heavy atom. The molecule has 0 saturated heterocycles. The van der Waals surface area contributed by atoms with Crippen LogP contribution >= 0.6 is 27.7 Å². The number of nitrogens with two attached hydrogens (primary N) is 1. The summed E-state index contributed by atoms with van der Waals surface area (Å²) in [6, 6.07) is 6.44. The first-order valence-corrected chi connectivity index (χ1v) is 7.37. The number of nitrogens with zero attached hydrogens (tertiary/aromatic N) is 2. The van der Waals surface area contributed by atoms with E-state index in [0.717, 1.165) is 27.4 Å². The number of nitrogens with one attached hydrogen (secondary N) is 1. The van der Waals surface area contributed by atoms with Crippen LogP contribution in [0, 0.1) is 0 Å². The van der Waals surface area contributed by atoms with Gasteiger partial charge in [-0.05, 0) is 30.5 Å². The highest BCUT2D eigenvalue weighted by Crippen LogP contribution is 2.31. The van der Waals surface area contributed by atoms with Crippen LogP contribution in [0.15, 0.2) is 39.1 Å². The van der Waals surface area contributed by atoms with Crippen LogP contribution in [0.4, 0.5) is 0 Å². The first-order chi connectivity index (χ1) is 8.69. The lowest BCUT2D eigenvalue weighted by Gasteiger charge is -2.12. The molecule has 0 aliphatic rings. The number of rotatable bonds is 5. The van der Waals surface area contributed by atoms with Crippen LogP contribution in [-0.4, -0.2) is 21.2 Å². The number of halogens is 1. The predicted octanol–water partition coefficient (Wildman–Crippen LogP) is 3.00. The lowest BCUT2D eigenvalue weighted by molar-refractivity contribution is 0.641. The zero-order chi connectivity index (χ0) is 13.0. The fourth-order valence-electron chi connectivity index (χ4n) is 1.57. The van der Waals surface area contributed by atoms with Crippen LogP contribution in [0.5, 0.6) is 0 Å². The SMILES string of the molecule is CCC(N)Cc1ccc(Br)cc1Sc1ncn[nH]1. The van der Waals surface area contributed by atoms with Gasteiger partial charge in [0.15, 0.2) is 5.16 Å². The van der Waals surface area contributed by atoms with Crippen molar-refractivity contribution in [2.45, 2.75) is 35.9 Å². The highest BCUT2D eigenvalue weighted by Gasteiger charge is 2.10. The molecule has 2 aromatic rings. The topological polar surface area (TPSA) is 67.6 Å². The quantitative estimate of drug-likeness (QED) is 0.886. The molecule has 18 heavy (non-hydrogen) atoms. The van der Waals surface area contributed by atoms with E-state index in [1.807, 2.05) is 6.07 Å². The molecule has 0 aliphatic heterocycles. The molecule has 1 aromatic carbocycles. The molecule has 2 rings (SSSR count). The van der Waals surface area contributed by atoms with Crippen molar-refractivity contribution in [3.8, 4) is 0 Å². The standard InChI is InChI=1S/C12H15BrN4S/c1-2-10(14)5-8-3-4-9(13)6-11(8)18-12-15-7-16-17-12/h3-4,6-7,10H,2,5,14H2,1H3,(H,15,16,17). The Bertz CT molecular complexity index is 501. The molecule has 0 radical (unpaired) electrons. The van der Waals surface area contributed by atoms with Gasteiger partial charge >= 0.3 is 0 Å². The Kier molecular flexibility index (Phi) is 4.79. The molecule has 1 aromatic heterocycles. The van der Waals surface area contributed by atoms with Crippen molar-refractivity contribution >= 4 is 27.7 Å². The van der Waals surface area contributed by atoms with Gasteiger partial charge in [-0.25, -0.2) is 4.98 Å². The molecule has 6 heteroatoms. The summed E-state index contributed by atoms with van der Waals surface area (Å²) in [5, 5.41) is 7.50. The fraction of sp³-hybridized carbons (Fsp3) is 0.333. The van der Waals surface area contributed by atoms with E-state index in [0.29, 0.717) is 0 Å². The van der Waals surface area contributed by atoms with E-state index in [-0.39, 0.29) is 6.04 Å². The third-order valence-corrected chi connectivity index (χ3v) is 4.12. The predicted molar refractivity (Wildman–Crippen MR) is 76.6 cm³/mol. The summed E-state index contributed by atoms with van der Waals surface area (Å²) in [5.41, 5.74) is 7.27. The second kappa shape index (κ2) is 6.36. The number of aromatic amines is 1. The van der Waals surface area contributed by atoms with E-state index in [9.17, 15) is 0 Å². The summed E-state index contributed by atoms with van der Waals surface area (Å²) < 4.78 is 1.05.